The van der Waals surface area contributed by atoms with Gasteiger partial charge in [-0.1, -0.05) is 6.07 Å². The molecule has 0 saturated carbocycles. The molecule has 4 nitrogen and oxygen atoms in total. The highest BCUT2D eigenvalue weighted by Crippen LogP contribution is 2.30. The fraction of sp³-hybridized carbons (Fsp3) is 0.222. The van der Waals surface area contributed by atoms with Gasteiger partial charge in [-0.3, -0.25) is 9.67 Å². The summed E-state index contributed by atoms with van der Waals surface area (Å²) in [7, 11) is 1.87. The van der Waals surface area contributed by atoms with Crippen LogP contribution < -0.4 is 0 Å². The molecule has 0 amide bonds. The van der Waals surface area contributed by atoms with Gasteiger partial charge in [-0.25, -0.2) is 4.39 Å². The molecule has 0 bridgehead atoms. The largest absolute Gasteiger partial charge is 0.389 e. The SMILES string of the molecule is C[C@@H](O)c1cc(F)ccc1-c1ncccc1Cc1ccn(C)n1. The van der Waals surface area contributed by atoms with Gasteiger partial charge in [-0.05, 0) is 48.4 Å². The van der Waals surface area contributed by atoms with Crippen molar-refractivity contribution in [2.75, 3.05) is 0 Å². The molecule has 0 fully saturated rings. The van der Waals surface area contributed by atoms with Crippen LogP contribution in [0.5, 0.6) is 0 Å². The Kier molecular flexibility index (Phi) is 4.21. The quantitative estimate of drug-likeness (QED) is 0.804. The third-order valence-electron chi connectivity index (χ3n) is 3.75. The number of halogens is 1. The molecule has 0 saturated heterocycles. The molecule has 0 aliphatic heterocycles. The summed E-state index contributed by atoms with van der Waals surface area (Å²) in [6, 6.07) is 10.2. The summed E-state index contributed by atoms with van der Waals surface area (Å²) in [4.78, 5) is 4.46. The maximum Gasteiger partial charge on any atom is 0.123 e. The molecule has 118 valence electrons. The number of benzene rings is 1. The van der Waals surface area contributed by atoms with Crippen molar-refractivity contribution in [2.45, 2.75) is 19.4 Å². The van der Waals surface area contributed by atoms with E-state index in [1.54, 1.807) is 23.9 Å². The van der Waals surface area contributed by atoms with Gasteiger partial charge >= 0.3 is 0 Å². The molecule has 3 rings (SSSR count). The Morgan fingerprint density at radius 1 is 1.26 bits per heavy atom. The highest BCUT2D eigenvalue weighted by Gasteiger charge is 2.15. The molecule has 2 heterocycles. The number of hydrogen-bond donors (Lipinski definition) is 1. The van der Waals surface area contributed by atoms with Gasteiger partial charge in [0.2, 0.25) is 0 Å². The van der Waals surface area contributed by atoms with E-state index in [9.17, 15) is 9.50 Å². The number of aryl methyl sites for hydroxylation is 1. The molecule has 1 atom stereocenters. The molecule has 23 heavy (non-hydrogen) atoms. The maximum absolute atomic E-state index is 13.5. The predicted molar refractivity (Wildman–Crippen MR) is 86.3 cm³/mol. The van der Waals surface area contributed by atoms with Gasteiger partial charge in [0.05, 0.1) is 17.5 Å². The van der Waals surface area contributed by atoms with Crippen LogP contribution in [-0.2, 0) is 13.5 Å². The van der Waals surface area contributed by atoms with Gasteiger partial charge in [0.1, 0.15) is 5.82 Å². The lowest BCUT2D eigenvalue weighted by atomic mass is 9.95. The van der Waals surface area contributed by atoms with Crippen LogP contribution in [0.4, 0.5) is 4.39 Å². The molecule has 0 unspecified atom stereocenters. The van der Waals surface area contributed by atoms with Crippen molar-refractivity contribution in [1.82, 2.24) is 14.8 Å². The van der Waals surface area contributed by atoms with Gasteiger partial charge in [0.25, 0.3) is 0 Å². The van der Waals surface area contributed by atoms with Crippen molar-refractivity contribution < 1.29 is 9.50 Å². The standard InChI is InChI=1S/C18H18FN3O/c1-12(23)17-11-14(19)5-6-16(17)18-13(4-3-8-20-18)10-15-7-9-22(2)21-15/h3-9,11-12,23H,10H2,1-2H3/t12-/m1/s1. The van der Waals surface area contributed by atoms with E-state index >= 15 is 0 Å². The van der Waals surface area contributed by atoms with Crippen molar-refractivity contribution >= 4 is 0 Å². The van der Waals surface area contributed by atoms with Crippen LogP contribution in [0.25, 0.3) is 11.3 Å². The second-order valence-corrected chi connectivity index (χ2v) is 5.58. The monoisotopic (exact) mass is 311 g/mol. The third-order valence-corrected chi connectivity index (χ3v) is 3.75. The van der Waals surface area contributed by atoms with E-state index in [2.05, 4.69) is 10.1 Å². The second-order valence-electron chi connectivity index (χ2n) is 5.58. The average Bonchev–Trinajstić information content (AvgIpc) is 2.93. The second kappa shape index (κ2) is 6.30. The van der Waals surface area contributed by atoms with Crippen molar-refractivity contribution in [2.24, 2.45) is 7.05 Å². The lowest BCUT2D eigenvalue weighted by Crippen LogP contribution is -2.01. The Hall–Kier alpha value is -2.53. The van der Waals surface area contributed by atoms with Crippen LogP contribution in [0.15, 0.2) is 48.8 Å². The van der Waals surface area contributed by atoms with Crippen LogP contribution in [0.3, 0.4) is 0 Å². The molecule has 1 N–H and O–H groups in total. The fourth-order valence-electron chi connectivity index (χ4n) is 2.67. The normalized spacial score (nSPS) is 12.3. The molecule has 5 heteroatoms. The zero-order chi connectivity index (χ0) is 16.4. The number of rotatable bonds is 4. The van der Waals surface area contributed by atoms with Crippen molar-refractivity contribution in [3.63, 3.8) is 0 Å². The number of nitrogens with zero attached hydrogens (tertiary/aromatic N) is 3. The van der Waals surface area contributed by atoms with Crippen molar-refractivity contribution in [1.29, 1.82) is 0 Å². The van der Waals surface area contributed by atoms with Gasteiger partial charge in [-0.2, -0.15) is 5.10 Å². The minimum Gasteiger partial charge on any atom is -0.389 e. The van der Waals surface area contributed by atoms with Crippen molar-refractivity contribution in [3.05, 3.63) is 71.4 Å². The molecule has 0 aliphatic rings. The van der Waals surface area contributed by atoms with E-state index in [0.29, 0.717) is 12.0 Å². The molecule has 2 aromatic heterocycles. The Morgan fingerprint density at radius 2 is 2.09 bits per heavy atom. The predicted octanol–water partition coefficient (Wildman–Crippen LogP) is 3.27. The van der Waals surface area contributed by atoms with Gasteiger partial charge in [0.15, 0.2) is 0 Å². The number of aliphatic hydroxyl groups excluding tert-OH is 1. The fourth-order valence-corrected chi connectivity index (χ4v) is 2.67. The topological polar surface area (TPSA) is 50.9 Å². The summed E-state index contributed by atoms with van der Waals surface area (Å²) in [5, 5.41) is 14.4. The van der Waals surface area contributed by atoms with E-state index in [-0.39, 0.29) is 5.82 Å². The molecule has 3 aromatic rings. The molecule has 0 spiro atoms. The number of hydrogen-bond acceptors (Lipinski definition) is 3. The molecule has 1 aromatic carbocycles. The van der Waals surface area contributed by atoms with Gasteiger partial charge in [0, 0.05) is 31.4 Å². The Bertz CT molecular complexity index is 827. The van der Waals surface area contributed by atoms with Crippen LogP contribution in [0.2, 0.25) is 0 Å². The summed E-state index contributed by atoms with van der Waals surface area (Å²) in [6.07, 6.45) is 3.45. The summed E-state index contributed by atoms with van der Waals surface area (Å²) < 4.78 is 15.3. The van der Waals surface area contributed by atoms with Crippen LogP contribution >= 0.6 is 0 Å². The lowest BCUT2D eigenvalue weighted by molar-refractivity contribution is 0.199. The highest BCUT2D eigenvalue weighted by molar-refractivity contribution is 5.67. The summed E-state index contributed by atoms with van der Waals surface area (Å²) >= 11 is 0. The molecule has 0 radical (unpaired) electrons. The number of aromatic nitrogens is 3. The lowest BCUT2D eigenvalue weighted by Gasteiger charge is -2.14. The minimum absolute atomic E-state index is 0.369. The zero-order valence-corrected chi connectivity index (χ0v) is 13.1. The Morgan fingerprint density at radius 3 is 2.78 bits per heavy atom. The van der Waals surface area contributed by atoms with Gasteiger partial charge in [-0.15, -0.1) is 0 Å². The van der Waals surface area contributed by atoms with E-state index in [0.717, 1.165) is 22.5 Å². The first-order valence-electron chi connectivity index (χ1n) is 7.45. The molecule has 0 aliphatic carbocycles. The van der Waals surface area contributed by atoms with E-state index in [1.165, 1.54) is 12.1 Å². The molecular formula is C18H18FN3O. The van der Waals surface area contributed by atoms with E-state index in [4.69, 9.17) is 0 Å². The number of aliphatic hydroxyl groups is 1. The zero-order valence-electron chi connectivity index (χ0n) is 13.1. The molecular weight excluding hydrogens is 293 g/mol. The van der Waals surface area contributed by atoms with Crippen LogP contribution in [-0.4, -0.2) is 19.9 Å². The van der Waals surface area contributed by atoms with E-state index in [1.807, 2.05) is 31.4 Å². The summed E-state index contributed by atoms with van der Waals surface area (Å²) in [5.41, 5.74) is 3.94. The van der Waals surface area contributed by atoms with Gasteiger partial charge < -0.3 is 5.11 Å². The summed E-state index contributed by atoms with van der Waals surface area (Å²) in [5.74, 6) is -0.369. The van der Waals surface area contributed by atoms with Crippen LogP contribution in [0, 0.1) is 5.82 Å². The number of pyridine rings is 1. The van der Waals surface area contributed by atoms with Crippen molar-refractivity contribution in [3.8, 4) is 11.3 Å². The summed E-state index contributed by atoms with van der Waals surface area (Å²) in [6.45, 7) is 1.62. The smallest absolute Gasteiger partial charge is 0.123 e. The third kappa shape index (κ3) is 3.29. The first-order chi connectivity index (χ1) is 11.0. The minimum atomic E-state index is -0.773. The van der Waals surface area contributed by atoms with Crippen LogP contribution in [0.1, 0.15) is 29.8 Å². The first kappa shape index (κ1) is 15.4. The highest BCUT2D eigenvalue weighted by atomic mass is 19.1. The maximum atomic E-state index is 13.5. The first-order valence-corrected chi connectivity index (χ1v) is 7.45. The average molecular weight is 311 g/mol. The Labute approximate surface area is 134 Å². The Balaban J connectivity index is 2.07. The van der Waals surface area contributed by atoms with E-state index < -0.39 is 6.10 Å².